The van der Waals surface area contributed by atoms with Crippen LogP contribution < -0.4 is 10.5 Å². The van der Waals surface area contributed by atoms with Crippen molar-refractivity contribution < 1.29 is 8.42 Å². The van der Waals surface area contributed by atoms with Gasteiger partial charge in [0.05, 0.1) is 0 Å². The van der Waals surface area contributed by atoms with Crippen LogP contribution in [0.4, 0.5) is 5.69 Å². The van der Waals surface area contributed by atoms with E-state index in [2.05, 4.69) is 23.6 Å². The summed E-state index contributed by atoms with van der Waals surface area (Å²) >= 11 is 1.16. The largest absolute Gasteiger partial charge is 0.398 e. The van der Waals surface area contributed by atoms with Crippen molar-refractivity contribution in [1.29, 1.82) is 0 Å². The maximum atomic E-state index is 12.1. The smallest absolute Gasteiger partial charge is 0.250 e. The minimum Gasteiger partial charge on any atom is -0.398 e. The molecule has 0 spiro atoms. The Morgan fingerprint density at radius 3 is 2.83 bits per heavy atom. The molecular formula is C11H19N3O2S2. The number of thiophene rings is 1. The highest BCUT2D eigenvalue weighted by atomic mass is 32.2. The molecule has 0 aromatic carbocycles. The Morgan fingerprint density at radius 1 is 1.56 bits per heavy atom. The fourth-order valence-corrected chi connectivity index (χ4v) is 4.53. The molecule has 5 nitrogen and oxygen atoms in total. The van der Waals surface area contributed by atoms with Crippen molar-refractivity contribution in [3.63, 3.8) is 0 Å². The van der Waals surface area contributed by atoms with Gasteiger partial charge in [-0.2, -0.15) is 0 Å². The normalized spacial score (nSPS) is 26.3. The van der Waals surface area contributed by atoms with Gasteiger partial charge in [0.2, 0.25) is 10.0 Å². The van der Waals surface area contributed by atoms with E-state index in [0.717, 1.165) is 30.7 Å². The molecule has 1 aliphatic heterocycles. The van der Waals surface area contributed by atoms with Gasteiger partial charge in [0.25, 0.3) is 0 Å². The van der Waals surface area contributed by atoms with Crippen LogP contribution in [0.2, 0.25) is 0 Å². The second-order valence-electron chi connectivity index (χ2n) is 4.87. The van der Waals surface area contributed by atoms with E-state index in [-0.39, 0.29) is 6.04 Å². The molecule has 0 saturated carbocycles. The van der Waals surface area contributed by atoms with Crippen molar-refractivity contribution in [1.82, 2.24) is 9.62 Å². The molecule has 2 unspecified atom stereocenters. The number of nitrogens with zero attached hydrogens (tertiary/aromatic N) is 1. The van der Waals surface area contributed by atoms with E-state index < -0.39 is 10.0 Å². The second kappa shape index (κ2) is 5.16. The van der Waals surface area contributed by atoms with Crippen LogP contribution >= 0.6 is 11.3 Å². The standard InChI is InChI=1S/C11H19N3O2S2/c1-8-5-10(3-4-14(8)2)13-18(15,16)11-6-9(12)7-17-11/h6-8,10,13H,3-5,12H2,1-2H3. The third kappa shape index (κ3) is 3.03. The molecule has 0 radical (unpaired) electrons. The van der Waals surface area contributed by atoms with Crippen LogP contribution in [0.5, 0.6) is 0 Å². The van der Waals surface area contributed by atoms with Gasteiger partial charge >= 0.3 is 0 Å². The van der Waals surface area contributed by atoms with Crippen molar-refractivity contribution in [3.05, 3.63) is 11.4 Å². The first kappa shape index (κ1) is 13.8. The second-order valence-corrected chi connectivity index (χ2v) is 7.72. The summed E-state index contributed by atoms with van der Waals surface area (Å²) in [5.74, 6) is 0. The van der Waals surface area contributed by atoms with Crippen LogP contribution in [0.15, 0.2) is 15.7 Å². The number of piperidine rings is 1. The molecule has 1 saturated heterocycles. The van der Waals surface area contributed by atoms with Crippen molar-refractivity contribution in [2.75, 3.05) is 19.3 Å². The van der Waals surface area contributed by atoms with Gasteiger partial charge in [-0.05, 0) is 39.4 Å². The fourth-order valence-electron chi connectivity index (χ4n) is 2.15. The molecule has 2 rings (SSSR count). The molecule has 102 valence electrons. The van der Waals surface area contributed by atoms with E-state index in [1.807, 2.05) is 0 Å². The molecule has 2 heterocycles. The number of rotatable bonds is 3. The Morgan fingerprint density at radius 2 is 2.28 bits per heavy atom. The molecular weight excluding hydrogens is 270 g/mol. The fraction of sp³-hybridized carbons (Fsp3) is 0.636. The SMILES string of the molecule is CC1CC(NS(=O)(=O)c2cc(N)cs2)CCN1C. The number of nitrogens with one attached hydrogen (secondary N) is 1. The molecule has 18 heavy (non-hydrogen) atoms. The molecule has 2 atom stereocenters. The lowest BCUT2D eigenvalue weighted by molar-refractivity contribution is 0.178. The van der Waals surface area contributed by atoms with Gasteiger partial charge in [-0.15, -0.1) is 11.3 Å². The molecule has 0 amide bonds. The monoisotopic (exact) mass is 289 g/mol. The van der Waals surface area contributed by atoms with Gasteiger partial charge < -0.3 is 10.6 Å². The van der Waals surface area contributed by atoms with Crippen molar-refractivity contribution >= 4 is 27.0 Å². The predicted octanol–water partition coefficient (Wildman–Crippen LogP) is 1.09. The molecule has 0 aliphatic carbocycles. The summed E-state index contributed by atoms with van der Waals surface area (Å²) in [4.78, 5) is 2.24. The molecule has 1 aromatic rings. The maximum absolute atomic E-state index is 12.1. The van der Waals surface area contributed by atoms with Crippen LogP contribution in [-0.2, 0) is 10.0 Å². The molecule has 0 bridgehead atoms. The number of anilines is 1. The summed E-state index contributed by atoms with van der Waals surface area (Å²) in [5, 5.41) is 1.64. The summed E-state index contributed by atoms with van der Waals surface area (Å²) in [5.41, 5.74) is 6.06. The Labute approximate surface area is 112 Å². The lowest BCUT2D eigenvalue weighted by atomic mass is 10.0. The van der Waals surface area contributed by atoms with Gasteiger partial charge in [-0.1, -0.05) is 0 Å². The zero-order chi connectivity index (χ0) is 13.3. The molecule has 1 aliphatic rings. The lowest BCUT2D eigenvalue weighted by Gasteiger charge is -2.35. The molecule has 7 heteroatoms. The van der Waals surface area contributed by atoms with Gasteiger partial charge in [0, 0.05) is 23.2 Å². The van der Waals surface area contributed by atoms with Crippen LogP contribution in [0.25, 0.3) is 0 Å². The van der Waals surface area contributed by atoms with E-state index in [0.29, 0.717) is 15.9 Å². The Hall–Kier alpha value is -0.630. The Bertz CT molecular complexity index is 512. The Kier molecular flexibility index (Phi) is 3.96. The van der Waals surface area contributed by atoms with E-state index in [1.54, 1.807) is 5.38 Å². The summed E-state index contributed by atoms with van der Waals surface area (Å²) in [7, 11) is -1.35. The van der Waals surface area contributed by atoms with Crippen molar-refractivity contribution in [2.45, 2.75) is 36.1 Å². The number of sulfonamides is 1. The van der Waals surface area contributed by atoms with E-state index in [9.17, 15) is 8.42 Å². The predicted molar refractivity (Wildman–Crippen MR) is 74.2 cm³/mol. The average molecular weight is 289 g/mol. The number of nitrogen functional groups attached to an aromatic ring is 1. The van der Waals surface area contributed by atoms with Crippen molar-refractivity contribution in [2.24, 2.45) is 0 Å². The summed E-state index contributed by atoms with van der Waals surface area (Å²) in [6.07, 6.45) is 1.69. The third-order valence-corrected chi connectivity index (χ3v) is 6.37. The summed E-state index contributed by atoms with van der Waals surface area (Å²) < 4.78 is 27.3. The quantitative estimate of drug-likeness (QED) is 0.873. The topological polar surface area (TPSA) is 75.4 Å². The lowest BCUT2D eigenvalue weighted by Crippen LogP contribution is -2.47. The van der Waals surface area contributed by atoms with Gasteiger partial charge in [-0.25, -0.2) is 13.1 Å². The van der Waals surface area contributed by atoms with Gasteiger partial charge in [0.15, 0.2) is 0 Å². The Balaban J connectivity index is 2.05. The number of hydrogen-bond donors (Lipinski definition) is 2. The minimum absolute atomic E-state index is 0.0181. The molecule has 1 aromatic heterocycles. The summed E-state index contributed by atoms with van der Waals surface area (Å²) in [6.45, 7) is 3.03. The van der Waals surface area contributed by atoms with Crippen LogP contribution in [0.1, 0.15) is 19.8 Å². The van der Waals surface area contributed by atoms with Crippen molar-refractivity contribution in [3.8, 4) is 0 Å². The molecule has 1 fully saturated rings. The van der Waals surface area contributed by atoms with Crippen LogP contribution in [-0.4, -0.2) is 39.0 Å². The first-order valence-corrected chi connectivity index (χ1v) is 8.31. The molecule has 3 N–H and O–H groups in total. The summed E-state index contributed by atoms with van der Waals surface area (Å²) in [6, 6.07) is 1.93. The zero-order valence-corrected chi connectivity index (χ0v) is 12.2. The highest BCUT2D eigenvalue weighted by Crippen LogP contribution is 2.23. The van der Waals surface area contributed by atoms with Crippen LogP contribution in [0.3, 0.4) is 0 Å². The van der Waals surface area contributed by atoms with Crippen LogP contribution in [0, 0.1) is 0 Å². The highest BCUT2D eigenvalue weighted by molar-refractivity contribution is 7.91. The third-order valence-electron chi connectivity index (χ3n) is 3.39. The van der Waals surface area contributed by atoms with Gasteiger partial charge in [0.1, 0.15) is 4.21 Å². The number of nitrogens with two attached hydrogens (primary N) is 1. The minimum atomic E-state index is -3.41. The zero-order valence-electron chi connectivity index (χ0n) is 10.6. The maximum Gasteiger partial charge on any atom is 0.250 e. The number of likely N-dealkylation sites (tertiary alicyclic amines) is 1. The number of hydrogen-bond acceptors (Lipinski definition) is 5. The first-order chi connectivity index (χ1) is 8.38. The average Bonchev–Trinajstić information content (AvgIpc) is 2.71. The van der Waals surface area contributed by atoms with E-state index in [4.69, 9.17) is 5.73 Å². The van der Waals surface area contributed by atoms with E-state index in [1.165, 1.54) is 6.07 Å². The first-order valence-electron chi connectivity index (χ1n) is 5.95. The van der Waals surface area contributed by atoms with Gasteiger partial charge in [-0.3, -0.25) is 0 Å². The highest BCUT2D eigenvalue weighted by Gasteiger charge is 2.27. The van der Waals surface area contributed by atoms with E-state index >= 15 is 0 Å².